The summed E-state index contributed by atoms with van der Waals surface area (Å²) < 4.78 is 45.8. The molecule has 1 heterocycles. The average molecular weight is 454 g/mol. The van der Waals surface area contributed by atoms with Crippen molar-refractivity contribution < 1.29 is 23.0 Å². The number of benzene rings is 2. The van der Waals surface area contributed by atoms with Gasteiger partial charge in [0.1, 0.15) is 17.1 Å². The van der Waals surface area contributed by atoms with Crippen LogP contribution in [0.4, 0.5) is 13.2 Å². The number of ether oxygens (including phenoxy) is 1. The molecule has 2 aromatic carbocycles. The van der Waals surface area contributed by atoms with Crippen LogP contribution in [0.1, 0.15) is 36.8 Å². The van der Waals surface area contributed by atoms with Crippen molar-refractivity contribution >= 4 is 26.8 Å². The minimum absolute atomic E-state index is 0.0418. The number of nitrogens with one attached hydrogen (secondary N) is 1. The lowest BCUT2D eigenvalue weighted by molar-refractivity contribution is -0.138. The number of rotatable bonds is 4. The molecule has 1 aromatic heterocycles. The molecule has 0 bridgehead atoms. The van der Waals surface area contributed by atoms with Crippen molar-refractivity contribution in [3.8, 4) is 17.2 Å². The predicted molar refractivity (Wildman–Crippen MR) is 105 cm³/mol. The molecule has 0 aliphatic heterocycles. The highest BCUT2D eigenvalue weighted by atomic mass is 79.9. The van der Waals surface area contributed by atoms with Crippen LogP contribution in [0.15, 0.2) is 41.0 Å². The summed E-state index contributed by atoms with van der Waals surface area (Å²) in [6, 6.07) is 7.07. The molecule has 3 aromatic rings. The Labute approximate surface area is 168 Å². The summed E-state index contributed by atoms with van der Waals surface area (Å²) in [5.74, 6) is 0.132. The SMILES string of the molecule is Oc1cc(Br)c(Oc2ccc3[nH]cc(CC4CCCC4)c3c2)c(C(F)(F)F)c1. The Balaban J connectivity index is 1.69. The zero-order valence-electron chi connectivity index (χ0n) is 14.9. The van der Waals surface area contributed by atoms with E-state index in [9.17, 15) is 18.3 Å². The van der Waals surface area contributed by atoms with E-state index in [2.05, 4.69) is 20.9 Å². The number of hydrogen-bond donors (Lipinski definition) is 2. The first-order valence-corrected chi connectivity index (χ1v) is 9.98. The Morgan fingerprint density at radius 1 is 1.14 bits per heavy atom. The molecular weight excluding hydrogens is 435 g/mol. The van der Waals surface area contributed by atoms with E-state index >= 15 is 0 Å². The highest BCUT2D eigenvalue weighted by Gasteiger charge is 2.36. The van der Waals surface area contributed by atoms with Gasteiger partial charge >= 0.3 is 6.18 Å². The van der Waals surface area contributed by atoms with Gasteiger partial charge in [0.25, 0.3) is 0 Å². The van der Waals surface area contributed by atoms with E-state index < -0.39 is 17.5 Å². The van der Waals surface area contributed by atoms with Gasteiger partial charge in [-0.15, -0.1) is 0 Å². The molecular formula is C21H19BrF3NO2. The molecule has 0 amide bonds. The average Bonchev–Trinajstić information content (AvgIpc) is 3.27. The Morgan fingerprint density at radius 3 is 2.61 bits per heavy atom. The van der Waals surface area contributed by atoms with Gasteiger partial charge < -0.3 is 14.8 Å². The maximum Gasteiger partial charge on any atom is 0.420 e. The fraction of sp³-hybridized carbons (Fsp3) is 0.333. The Morgan fingerprint density at radius 2 is 1.89 bits per heavy atom. The number of halogens is 4. The molecule has 3 nitrogen and oxygen atoms in total. The Bertz CT molecular complexity index is 1010. The van der Waals surface area contributed by atoms with Crippen molar-refractivity contribution in [3.05, 3.63) is 52.1 Å². The zero-order chi connectivity index (χ0) is 19.9. The molecule has 28 heavy (non-hydrogen) atoms. The van der Waals surface area contributed by atoms with Crippen molar-refractivity contribution in [1.82, 2.24) is 4.98 Å². The fourth-order valence-electron chi connectivity index (χ4n) is 3.93. The second kappa shape index (κ2) is 7.35. The fourth-order valence-corrected chi connectivity index (χ4v) is 4.46. The van der Waals surface area contributed by atoms with E-state index in [1.54, 1.807) is 12.1 Å². The minimum atomic E-state index is -4.65. The molecule has 1 saturated carbocycles. The van der Waals surface area contributed by atoms with E-state index in [0.29, 0.717) is 17.7 Å². The van der Waals surface area contributed by atoms with Crippen LogP contribution < -0.4 is 4.74 Å². The summed E-state index contributed by atoms with van der Waals surface area (Å²) in [6.45, 7) is 0. The standard InChI is InChI=1S/C21H19BrF3NO2/c22-18-9-14(27)8-17(21(23,24)25)20(18)28-15-5-6-19-16(10-15)13(11-26-19)7-12-3-1-2-4-12/h5-6,8-12,26-27H,1-4,7H2. The van der Waals surface area contributed by atoms with Gasteiger partial charge in [0.05, 0.1) is 4.47 Å². The Hall–Kier alpha value is -2.15. The van der Waals surface area contributed by atoms with Crippen LogP contribution in [0.2, 0.25) is 0 Å². The monoisotopic (exact) mass is 453 g/mol. The van der Waals surface area contributed by atoms with Gasteiger partial charge in [-0.1, -0.05) is 25.7 Å². The molecule has 0 unspecified atom stereocenters. The number of aromatic nitrogens is 1. The topological polar surface area (TPSA) is 45.2 Å². The molecule has 0 atom stereocenters. The van der Waals surface area contributed by atoms with Gasteiger partial charge in [-0.25, -0.2) is 0 Å². The lowest BCUT2D eigenvalue weighted by Crippen LogP contribution is -2.07. The van der Waals surface area contributed by atoms with Gasteiger partial charge in [0.15, 0.2) is 5.75 Å². The third-order valence-electron chi connectivity index (χ3n) is 5.28. The first-order chi connectivity index (χ1) is 13.3. The van der Waals surface area contributed by atoms with Crippen LogP contribution >= 0.6 is 15.9 Å². The van der Waals surface area contributed by atoms with Crippen LogP contribution in [0.25, 0.3) is 10.9 Å². The van der Waals surface area contributed by atoms with E-state index in [0.717, 1.165) is 22.9 Å². The van der Waals surface area contributed by atoms with Crippen molar-refractivity contribution in [2.24, 2.45) is 5.92 Å². The first kappa shape index (κ1) is 19.2. The van der Waals surface area contributed by atoms with Crippen LogP contribution in [-0.2, 0) is 12.6 Å². The van der Waals surface area contributed by atoms with Crippen LogP contribution in [0.5, 0.6) is 17.2 Å². The molecule has 4 rings (SSSR count). The van der Waals surface area contributed by atoms with Crippen LogP contribution in [0.3, 0.4) is 0 Å². The number of hydrogen-bond acceptors (Lipinski definition) is 2. The third kappa shape index (κ3) is 3.85. The second-order valence-electron chi connectivity index (χ2n) is 7.28. The molecule has 1 fully saturated rings. The lowest BCUT2D eigenvalue weighted by Gasteiger charge is -2.16. The number of alkyl halides is 3. The van der Waals surface area contributed by atoms with Crippen molar-refractivity contribution in [1.29, 1.82) is 0 Å². The first-order valence-electron chi connectivity index (χ1n) is 9.19. The van der Waals surface area contributed by atoms with Gasteiger partial charge in [-0.2, -0.15) is 13.2 Å². The summed E-state index contributed by atoms with van der Waals surface area (Å²) in [5.41, 5.74) is 1.06. The van der Waals surface area contributed by atoms with Crippen LogP contribution in [-0.4, -0.2) is 10.1 Å². The summed E-state index contributed by atoms with van der Waals surface area (Å²) in [6.07, 6.45) is 3.25. The predicted octanol–water partition coefficient (Wildman–Crippen LogP) is 7.18. The molecule has 0 spiro atoms. The smallest absolute Gasteiger partial charge is 0.420 e. The number of fused-ring (bicyclic) bond motifs is 1. The molecule has 1 aliphatic rings. The number of phenols is 1. The number of H-pyrrole nitrogens is 1. The van der Waals surface area contributed by atoms with Crippen molar-refractivity contribution in [2.45, 2.75) is 38.3 Å². The van der Waals surface area contributed by atoms with Gasteiger partial charge in [0.2, 0.25) is 0 Å². The van der Waals surface area contributed by atoms with Gasteiger partial charge in [0, 0.05) is 17.1 Å². The molecule has 148 valence electrons. The number of aromatic amines is 1. The lowest BCUT2D eigenvalue weighted by atomic mass is 9.98. The second-order valence-corrected chi connectivity index (χ2v) is 8.13. The minimum Gasteiger partial charge on any atom is -0.508 e. The highest BCUT2D eigenvalue weighted by molar-refractivity contribution is 9.10. The van der Waals surface area contributed by atoms with E-state index in [1.165, 1.54) is 31.7 Å². The molecule has 7 heteroatoms. The maximum atomic E-state index is 13.4. The summed E-state index contributed by atoms with van der Waals surface area (Å²) >= 11 is 3.07. The highest BCUT2D eigenvalue weighted by Crippen LogP contribution is 2.45. The van der Waals surface area contributed by atoms with E-state index in [1.807, 2.05) is 12.3 Å². The van der Waals surface area contributed by atoms with Gasteiger partial charge in [-0.05, 0) is 64.2 Å². The summed E-state index contributed by atoms with van der Waals surface area (Å²) in [7, 11) is 0. The molecule has 0 saturated heterocycles. The largest absolute Gasteiger partial charge is 0.508 e. The van der Waals surface area contributed by atoms with Gasteiger partial charge in [-0.3, -0.25) is 0 Å². The van der Waals surface area contributed by atoms with Crippen molar-refractivity contribution in [3.63, 3.8) is 0 Å². The maximum absolute atomic E-state index is 13.4. The zero-order valence-corrected chi connectivity index (χ0v) is 16.5. The van der Waals surface area contributed by atoms with Crippen molar-refractivity contribution in [2.75, 3.05) is 0 Å². The summed E-state index contributed by atoms with van der Waals surface area (Å²) in [5, 5.41) is 10.5. The molecule has 1 aliphatic carbocycles. The Kier molecular flexibility index (Phi) is 5.04. The van der Waals surface area contributed by atoms with E-state index in [4.69, 9.17) is 4.74 Å². The summed E-state index contributed by atoms with van der Waals surface area (Å²) in [4.78, 5) is 3.23. The molecule has 2 N–H and O–H groups in total. The normalized spacial score (nSPS) is 15.4. The number of aromatic hydroxyl groups is 1. The van der Waals surface area contributed by atoms with Crippen LogP contribution in [0, 0.1) is 5.92 Å². The molecule has 0 radical (unpaired) electrons. The van der Waals surface area contributed by atoms with E-state index in [-0.39, 0.29) is 10.2 Å². The third-order valence-corrected chi connectivity index (χ3v) is 5.86. The quantitative estimate of drug-likeness (QED) is 0.439. The number of phenolic OH excluding ortho intramolecular Hbond substituents is 1.